The lowest BCUT2D eigenvalue weighted by Gasteiger charge is -2.07. The number of hydrogen-bond donors (Lipinski definition) is 0. The molecule has 23 heavy (non-hydrogen) atoms. The summed E-state index contributed by atoms with van der Waals surface area (Å²) in [5.41, 5.74) is 1.46. The van der Waals surface area contributed by atoms with Gasteiger partial charge in [0.15, 0.2) is 5.16 Å². The van der Waals surface area contributed by atoms with Gasteiger partial charge in [0.1, 0.15) is 13.2 Å². The van der Waals surface area contributed by atoms with Crippen LogP contribution >= 0.6 is 11.8 Å². The second kappa shape index (κ2) is 8.84. The molecule has 120 valence electrons. The van der Waals surface area contributed by atoms with E-state index in [-0.39, 0.29) is 11.7 Å². The first-order valence-corrected chi connectivity index (χ1v) is 7.81. The molecule has 2 aromatic heterocycles. The molecule has 2 rings (SSSR count). The van der Waals surface area contributed by atoms with Gasteiger partial charge in [-0.15, -0.1) is 0 Å². The van der Waals surface area contributed by atoms with Crippen LogP contribution in [0, 0.1) is 0 Å². The lowest BCUT2D eigenvalue weighted by Crippen LogP contribution is -2.17. The molecule has 0 radical (unpaired) electrons. The average molecular weight is 332 g/mol. The molecule has 1 atom stereocenters. The number of nitrogens with zero attached hydrogens (tertiary/aromatic N) is 4. The Hall–Kier alpha value is -2.48. The van der Waals surface area contributed by atoms with Gasteiger partial charge in [-0.3, -0.25) is 9.78 Å². The number of carbonyl (C=O) groups is 1. The summed E-state index contributed by atoms with van der Waals surface area (Å²) in [7, 11) is 1.42. The van der Waals surface area contributed by atoms with Crippen LogP contribution in [0.15, 0.2) is 47.0 Å². The Morgan fingerprint density at radius 1 is 1.30 bits per heavy atom. The zero-order valence-electron chi connectivity index (χ0n) is 12.7. The van der Waals surface area contributed by atoms with Crippen molar-refractivity contribution in [2.45, 2.75) is 18.2 Å². The maximum atomic E-state index is 11.7. The van der Waals surface area contributed by atoms with Gasteiger partial charge in [0.05, 0.1) is 23.4 Å². The third-order valence-corrected chi connectivity index (χ3v) is 3.41. The molecule has 0 saturated carbocycles. The molecule has 0 aliphatic carbocycles. The number of pyridine rings is 1. The van der Waals surface area contributed by atoms with Crippen LogP contribution in [-0.4, -0.2) is 46.1 Å². The SMILES string of the molecule is CO/N=C/C(C)OC(=O)CSc1nccc(-c2ccccn2)n1. The molecule has 1 unspecified atom stereocenters. The Balaban J connectivity index is 1.91. The smallest absolute Gasteiger partial charge is 0.317 e. The summed E-state index contributed by atoms with van der Waals surface area (Å²) >= 11 is 1.20. The van der Waals surface area contributed by atoms with E-state index in [1.807, 2.05) is 18.2 Å². The molecule has 0 aliphatic rings. The van der Waals surface area contributed by atoms with Crippen LogP contribution in [0.4, 0.5) is 0 Å². The van der Waals surface area contributed by atoms with Crippen molar-refractivity contribution in [3.05, 3.63) is 36.7 Å². The summed E-state index contributed by atoms with van der Waals surface area (Å²) in [6, 6.07) is 7.36. The van der Waals surface area contributed by atoms with Crippen molar-refractivity contribution in [2.75, 3.05) is 12.9 Å². The predicted molar refractivity (Wildman–Crippen MR) is 87.0 cm³/mol. The molecule has 0 aromatic carbocycles. The number of oxime groups is 1. The second-order valence-corrected chi connectivity index (χ2v) is 5.30. The third-order valence-electron chi connectivity index (χ3n) is 2.57. The Labute approximate surface area is 138 Å². The lowest BCUT2D eigenvalue weighted by molar-refractivity contribution is -0.141. The van der Waals surface area contributed by atoms with Crippen molar-refractivity contribution in [2.24, 2.45) is 5.16 Å². The summed E-state index contributed by atoms with van der Waals surface area (Å²) < 4.78 is 5.13. The van der Waals surface area contributed by atoms with Gasteiger partial charge in [-0.25, -0.2) is 9.97 Å². The number of carbonyl (C=O) groups excluding carboxylic acids is 1. The fourth-order valence-electron chi connectivity index (χ4n) is 1.61. The largest absolute Gasteiger partial charge is 0.456 e. The van der Waals surface area contributed by atoms with E-state index in [0.717, 1.165) is 5.69 Å². The van der Waals surface area contributed by atoms with Gasteiger partial charge in [-0.05, 0) is 25.1 Å². The maximum absolute atomic E-state index is 11.7. The van der Waals surface area contributed by atoms with Crippen molar-refractivity contribution in [3.8, 4) is 11.4 Å². The fourth-order valence-corrected chi connectivity index (χ4v) is 2.22. The van der Waals surface area contributed by atoms with Gasteiger partial charge in [0, 0.05) is 12.4 Å². The van der Waals surface area contributed by atoms with E-state index < -0.39 is 6.10 Å². The number of hydrogen-bond acceptors (Lipinski definition) is 8. The van der Waals surface area contributed by atoms with E-state index in [1.54, 1.807) is 25.4 Å². The highest BCUT2D eigenvalue weighted by Gasteiger charge is 2.10. The molecule has 0 fully saturated rings. The highest BCUT2D eigenvalue weighted by atomic mass is 32.2. The zero-order valence-corrected chi connectivity index (χ0v) is 13.6. The lowest BCUT2D eigenvalue weighted by atomic mass is 10.3. The average Bonchev–Trinajstić information content (AvgIpc) is 2.59. The van der Waals surface area contributed by atoms with Crippen molar-refractivity contribution in [3.63, 3.8) is 0 Å². The molecule has 0 amide bonds. The van der Waals surface area contributed by atoms with Crippen molar-refractivity contribution >= 4 is 23.9 Å². The van der Waals surface area contributed by atoms with E-state index in [0.29, 0.717) is 10.9 Å². The van der Waals surface area contributed by atoms with Gasteiger partial charge in [-0.2, -0.15) is 0 Å². The quantitative estimate of drug-likeness (QED) is 0.252. The first kappa shape index (κ1) is 16.9. The van der Waals surface area contributed by atoms with E-state index in [1.165, 1.54) is 25.1 Å². The monoisotopic (exact) mass is 332 g/mol. The van der Waals surface area contributed by atoms with Gasteiger partial charge in [0.25, 0.3) is 0 Å². The Morgan fingerprint density at radius 3 is 2.91 bits per heavy atom. The molecule has 0 bridgehead atoms. The van der Waals surface area contributed by atoms with E-state index >= 15 is 0 Å². The summed E-state index contributed by atoms with van der Waals surface area (Å²) in [6.07, 6.45) is 4.29. The summed E-state index contributed by atoms with van der Waals surface area (Å²) in [6.45, 7) is 1.70. The maximum Gasteiger partial charge on any atom is 0.317 e. The van der Waals surface area contributed by atoms with E-state index in [9.17, 15) is 4.79 Å². The Bertz CT molecular complexity index is 667. The predicted octanol–water partition coefficient (Wildman–Crippen LogP) is 2.19. The summed E-state index contributed by atoms with van der Waals surface area (Å²) in [5, 5.41) is 4.04. The van der Waals surface area contributed by atoms with Crippen LogP contribution in [0.25, 0.3) is 11.4 Å². The van der Waals surface area contributed by atoms with Gasteiger partial charge >= 0.3 is 5.97 Å². The van der Waals surface area contributed by atoms with Crippen LogP contribution in [0.2, 0.25) is 0 Å². The third kappa shape index (κ3) is 5.67. The highest BCUT2D eigenvalue weighted by Crippen LogP contribution is 2.18. The van der Waals surface area contributed by atoms with Gasteiger partial charge in [-0.1, -0.05) is 23.0 Å². The first-order valence-electron chi connectivity index (χ1n) is 6.82. The van der Waals surface area contributed by atoms with Crippen molar-refractivity contribution < 1.29 is 14.4 Å². The molecule has 8 heteroatoms. The summed E-state index contributed by atoms with van der Waals surface area (Å²) in [4.78, 5) is 29.0. The van der Waals surface area contributed by atoms with Crippen LogP contribution in [-0.2, 0) is 14.4 Å². The number of thioether (sulfide) groups is 1. The second-order valence-electron chi connectivity index (χ2n) is 4.36. The Morgan fingerprint density at radius 2 is 2.17 bits per heavy atom. The number of esters is 1. The molecule has 0 spiro atoms. The topological polar surface area (TPSA) is 86.6 Å². The Kier molecular flexibility index (Phi) is 6.49. The minimum atomic E-state index is -0.455. The van der Waals surface area contributed by atoms with Gasteiger partial charge in [0.2, 0.25) is 0 Å². The van der Waals surface area contributed by atoms with Crippen LogP contribution in [0.5, 0.6) is 0 Å². The molecule has 0 aliphatic heterocycles. The van der Waals surface area contributed by atoms with Crippen molar-refractivity contribution in [1.29, 1.82) is 0 Å². The number of aromatic nitrogens is 3. The molecule has 2 aromatic rings. The van der Waals surface area contributed by atoms with E-state index in [4.69, 9.17) is 4.74 Å². The standard InChI is InChI=1S/C15H16N4O3S/c1-11(9-18-21-2)22-14(20)10-23-15-17-8-6-13(19-15)12-5-3-4-7-16-12/h3-9,11H,10H2,1-2H3/b18-9+. The minimum absolute atomic E-state index is 0.108. The summed E-state index contributed by atoms with van der Waals surface area (Å²) in [5.74, 6) is -0.270. The molecular formula is C15H16N4O3S. The van der Waals surface area contributed by atoms with Crippen LogP contribution in [0.3, 0.4) is 0 Å². The number of ether oxygens (including phenoxy) is 1. The van der Waals surface area contributed by atoms with Crippen LogP contribution < -0.4 is 0 Å². The highest BCUT2D eigenvalue weighted by molar-refractivity contribution is 7.99. The molecule has 7 nitrogen and oxygen atoms in total. The van der Waals surface area contributed by atoms with Gasteiger partial charge < -0.3 is 9.57 Å². The minimum Gasteiger partial charge on any atom is -0.456 e. The zero-order chi connectivity index (χ0) is 16.5. The molecule has 0 N–H and O–H groups in total. The van der Waals surface area contributed by atoms with E-state index in [2.05, 4.69) is 24.9 Å². The fraction of sp³-hybridized carbons (Fsp3) is 0.267. The molecule has 0 saturated heterocycles. The first-order chi connectivity index (χ1) is 11.2. The molecular weight excluding hydrogens is 316 g/mol. The molecule has 2 heterocycles. The number of rotatable bonds is 7. The van der Waals surface area contributed by atoms with Crippen molar-refractivity contribution in [1.82, 2.24) is 15.0 Å². The normalized spacial score (nSPS) is 12.1. The van der Waals surface area contributed by atoms with Crippen LogP contribution in [0.1, 0.15) is 6.92 Å².